The van der Waals surface area contributed by atoms with E-state index < -0.39 is 0 Å². The van der Waals surface area contributed by atoms with Crippen LogP contribution in [0.15, 0.2) is 12.8 Å². The van der Waals surface area contributed by atoms with Crippen molar-refractivity contribution in [2.45, 2.75) is 32.6 Å². The first-order chi connectivity index (χ1) is 6.70. The van der Waals surface area contributed by atoms with Crippen LogP contribution in [-0.2, 0) is 0 Å². The number of hydrogen-bond donors (Lipinski definition) is 1. The van der Waals surface area contributed by atoms with Crippen molar-refractivity contribution in [1.29, 1.82) is 0 Å². The minimum absolute atomic E-state index is 0.870. The van der Waals surface area contributed by atoms with Crippen LogP contribution in [0.25, 0.3) is 0 Å². The van der Waals surface area contributed by atoms with Gasteiger partial charge in [-0.15, -0.1) is 0 Å². The molecule has 2 heteroatoms. The Labute approximate surface area is 89.4 Å². The molecule has 0 amide bonds. The molecule has 0 aromatic heterocycles. The highest BCUT2D eigenvalue weighted by molar-refractivity contribution is 4.67. The van der Waals surface area contributed by atoms with Crippen molar-refractivity contribution in [2.75, 3.05) is 27.2 Å². The third-order valence-electron chi connectivity index (χ3n) is 2.52. The van der Waals surface area contributed by atoms with Gasteiger partial charge in [-0.1, -0.05) is 26.3 Å². The van der Waals surface area contributed by atoms with E-state index in [-0.39, 0.29) is 0 Å². The molecule has 0 radical (unpaired) electrons. The van der Waals surface area contributed by atoms with Crippen LogP contribution in [0.5, 0.6) is 0 Å². The zero-order chi connectivity index (χ0) is 10.8. The van der Waals surface area contributed by atoms with E-state index in [4.69, 9.17) is 0 Å². The van der Waals surface area contributed by atoms with Gasteiger partial charge in [-0.05, 0) is 45.6 Å². The second-order valence-electron chi connectivity index (χ2n) is 4.19. The van der Waals surface area contributed by atoms with Crippen LogP contribution in [0, 0.1) is 5.92 Å². The second kappa shape index (κ2) is 9.07. The van der Waals surface area contributed by atoms with Gasteiger partial charge in [0.1, 0.15) is 0 Å². The van der Waals surface area contributed by atoms with Crippen molar-refractivity contribution in [2.24, 2.45) is 5.92 Å². The Morgan fingerprint density at radius 3 is 2.50 bits per heavy atom. The third-order valence-corrected chi connectivity index (χ3v) is 2.52. The summed E-state index contributed by atoms with van der Waals surface area (Å²) in [5.41, 5.74) is 0. The molecule has 0 aliphatic heterocycles. The van der Waals surface area contributed by atoms with Gasteiger partial charge in [0.2, 0.25) is 0 Å². The van der Waals surface area contributed by atoms with Crippen LogP contribution in [0.3, 0.4) is 0 Å². The fourth-order valence-electron chi connectivity index (χ4n) is 1.67. The van der Waals surface area contributed by atoms with E-state index in [1.807, 2.05) is 0 Å². The van der Waals surface area contributed by atoms with Crippen molar-refractivity contribution >= 4 is 0 Å². The van der Waals surface area contributed by atoms with E-state index in [9.17, 15) is 0 Å². The van der Waals surface area contributed by atoms with Gasteiger partial charge in [0.25, 0.3) is 0 Å². The fourth-order valence-corrected chi connectivity index (χ4v) is 1.67. The van der Waals surface area contributed by atoms with Gasteiger partial charge in [0.05, 0.1) is 0 Å². The van der Waals surface area contributed by atoms with Crippen molar-refractivity contribution < 1.29 is 0 Å². The minimum Gasteiger partial charge on any atom is -0.391 e. The van der Waals surface area contributed by atoms with E-state index in [1.54, 1.807) is 6.20 Å². The Hall–Kier alpha value is -0.500. The normalized spacial score (nSPS) is 12.9. The maximum Gasteiger partial charge on any atom is 0.0143 e. The molecule has 84 valence electrons. The second-order valence-corrected chi connectivity index (χ2v) is 4.19. The molecule has 14 heavy (non-hydrogen) atoms. The number of hydrogen-bond acceptors (Lipinski definition) is 2. The molecule has 0 aliphatic rings. The molecule has 0 aliphatic carbocycles. The largest absolute Gasteiger partial charge is 0.391 e. The van der Waals surface area contributed by atoms with Gasteiger partial charge in [-0.25, -0.2) is 0 Å². The lowest BCUT2D eigenvalue weighted by Crippen LogP contribution is -2.19. The summed E-state index contributed by atoms with van der Waals surface area (Å²) >= 11 is 0. The van der Waals surface area contributed by atoms with Crippen LogP contribution in [0.1, 0.15) is 32.6 Å². The topological polar surface area (TPSA) is 15.3 Å². The zero-order valence-corrected chi connectivity index (χ0v) is 10.1. The van der Waals surface area contributed by atoms with Crippen molar-refractivity contribution in [3.63, 3.8) is 0 Å². The summed E-state index contributed by atoms with van der Waals surface area (Å²) in [5, 5.41) is 3.18. The highest BCUT2D eigenvalue weighted by Gasteiger charge is 2.07. The summed E-state index contributed by atoms with van der Waals surface area (Å²) in [7, 11) is 4.29. The van der Waals surface area contributed by atoms with Crippen molar-refractivity contribution in [3.8, 4) is 0 Å². The average molecular weight is 198 g/mol. The minimum atomic E-state index is 0.870. The summed E-state index contributed by atoms with van der Waals surface area (Å²) in [4.78, 5) is 2.27. The Morgan fingerprint density at radius 1 is 1.29 bits per heavy atom. The Morgan fingerprint density at radius 2 is 2.00 bits per heavy atom. The molecule has 0 heterocycles. The van der Waals surface area contributed by atoms with Crippen molar-refractivity contribution in [1.82, 2.24) is 10.2 Å². The zero-order valence-electron chi connectivity index (χ0n) is 10.1. The lowest BCUT2D eigenvalue weighted by Gasteiger charge is -2.18. The first-order valence-electron chi connectivity index (χ1n) is 5.69. The molecule has 1 N–H and O–H groups in total. The van der Waals surface area contributed by atoms with Crippen LogP contribution in [0.4, 0.5) is 0 Å². The molecule has 2 nitrogen and oxygen atoms in total. The third kappa shape index (κ3) is 8.11. The monoisotopic (exact) mass is 198 g/mol. The number of nitrogens with zero attached hydrogens (tertiary/aromatic N) is 1. The van der Waals surface area contributed by atoms with E-state index >= 15 is 0 Å². The molecule has 0 saturated heterocycles. The van der Waals surface area contributed by atoms with Gasteiger partial charge in [-0.2, -0.15) is 0 Å². The quantitative estimate of drug-likeness (QED) is 0.573. The SMILES string of the molecule is C=CNCCC(CCC)CCN(C)C. The van der Waals surface area contributed by atoms with E-state index in [0.29, 0.717) is 0 Å². The summed E-state index contributed by atoms with van der Waals surface area (Å²) in [6.07, 6.45) is 7.03. The van der Waals surface area contributed by atoms with Gasteiger partial charge in [0, 0.05) is 6.54 Å². The smallest absolute Gasteiger partial charge is 0.0143 e. The molecular formula is C12H26N2. The molecule has 1 unspecified atom stereocenters. The summed E-state index contributed by atoms with van der Waals surface area (Å²) in [6.45, 7) is 8.20. The summed E-state index contributed by atoms with van der Waals surface area (Å²) in [6, 6.07) is 0. The maximum absolute atomic E-state index is 3.66. The lowest BCUT2D eigenvalue weighted by molar-refractivity contribution is 0.326. The van der Waals surface area contributed by atoms with Gasteiger partial charge in [0.15, 0.2) is 0 Å². The summed E-state index contributed by atoms with van der Waals surface area (Å²) < 4.78 is 0. The van der Waals surface area contributed by atoms with Crippen LogP contribution in [-0.4, -0.2) is 32.1 Å². The van der Waals surface area contributed by atoms with Gasteiger partial charge >= 0.3 is 0 Å². The summed E-state index contributed by atoms with van der Waals surface area (Å²) in [5.74, 6) is 0.870. The molecule has 0 spiro atoms. The molecule has 1 atom stereocenters. The maximum atomic E-state index is 3.66. The van der Waals surface area contributed by atoms with E-state index in [1.165, 1.54) is 32.2 Å². The molecule has 0 aromatic rings. The van der Waals surface area contributed by atoms with Crippen LogP contribution < -0.4 is 5.32 Å². The molecule has 0 aromatic carbocycles. The fraction of sp³-hybridized carbons (Fsp3) is 0.833. The van der Waals surface area contributed by atoms with Crippen LogP contribution >= 0.6 is 0 Å². The van der Waals surface area contributed by atoms with Crippen LogP contribution in [0.2, 0.25) is 0 Å². The molecular weight excluding hydrogens is 172 g/mol. The Kier molecular flexibility index (Phi) is 8.75. The lowest BCUT2D eigenvalue weighted by atomic mass is 9.96. The number of nitrogens with one attached hydrogen (secondary N) is 1. The molecule has 0 saturated carbocycles. The Bertz CT molecular complexity index is 132. The van der Waals surface area contributed by atoms with E-state index in [0.717, 1.165) is 12.5 Å². The van der Waals surface area contributed by atoms with E-state index in [2.05, 4.69) is 37.8 Å². The first kappa shape index (κ1) is 13.5. The molecule has 0 bridgehead atoms. The highest BCUT2D eigenvalue weighted by Crippen LogP contribution is 2.15. The predicted octanol–water partition coefficient (Wildman–Crippen LogP) is 2.48. The van der Waals surface area contributed by atoms with Crippen molar-refractivity contribution in [3.05, 3.63) is 12.8 Å². The average Bonchev–Trinajstić information content (AvgIpc) is 2.14. The molecule has 0 fully saturated rings. The van der Waals surface area contributed by atoms with Gasteiger partial charge in [-0.3, -0.25) is 0 Å². The van der Waals surface area contributed by atoms with Gasteiger partial charge < -0.3 is 10.2 Å². The first-order valence-corrected chi connectivity index (χ1v) is 5.69. The highest BCUT2D eigenvalue weighted by atomic mass is 15.0. The Balaban J connectivity index is 3.59. The number of rotatable bonds is 9. The molecule has 0 rings (SSSR count). The predicted molar refractivity (Wildman–Crippen MR) is 64.4 cm³/mol. The standard InChI is InChI=1S/C12H26N2/c1-5-7-12(8-10-13-6-2)9-11-14(3)4/h6,12-13H,2,5,7-11H2,1,3-4H3.